The Balaban J connectivity index is 0.00000182. The van der Waals surface area contributed by atoms with E-state index in [1.54, 1.807) is 12.1 Å². The number of rotatable bonds is 2. The van der Waals surface area contributed by atoms with Gasteiger partial charge in [-0.1, -0.05) is 28.9 Å². The van der Waals surface area contributed by atoms with E-state index in [0.717, 1.165) is 44.6 Å². The Morgan fingerprint density at radius 1 is 1.24 bits per heavy atom. The van der Waals surface area contributed by atoms with Gasteiger partial charge in [0.1, 0.15) is 5.69 Å². The molecule has 1 amide bonds. The minimum absolute atomic E-state index is 0. The van der Waals surface area contributed by atoms with E-state index in [9.17, 15) is 4.79 Å². The summed E-state index contributed by atoms with van der Waals surface area (Å²) < 4.78 is 5.29. The highest BCUT2D eigenvalue weighted by Gasteiger charge is 2.38. The maximum Gasteiger partial charge on any atom is 0.292 e. The van der Waals surface area contributed by atoms with Gasteiger partial charge in [0.15, 0.2) is 0 Å². The van der Waals surface area contributed by atoms with Gasteiger partial charge in [0, 0.05) is 36.3 Å². The van der Waals surface area contributed by atoms with E-state index in [-0.39, 0.29) is 18.3 Å². The van der Waals surface area contributed by atoms with Gasteiger partial charge in [-0.2, -0.15) is 0 Å². The number of piperidine rings is 1. The van der Waals surface area contributed by atoms with Gasteiger partial charge in [0.2, 0.25) is 5.76 Å². The summed E-state index contributed by atoms with van der Waals surface area (Å²) in [6.07, 6.45) is 3.33. The molecule has 0 unspecified atom stereocenters. The second-order valence-electron chi connectivity index (χ2n) is 6.81. The molecule has 1 aromatic carbocycles. The number of benzene rings is 1. The van der Waals surface area contributed by atoms with Crippen LogP contribution in [0.4, 0.5) is 0 Å². The van der Waals surface area contributed by atoms with Crippen LogP contribution in [0, 0.1) is 5.41 Å². The Bertz CT molecular complexity index is 746. The molecule has 4 rings (SSSR count). The van der Waals surface area contributed by atoms with E-state index >= 15 is 0 Å². The summed E-state index contributed by atoms with van der Waals surface area (Å²) in [5.41, 5.74) is 1.87. The van der Waals surface area contributed by atoms with E-state index in [2.05, 4.69) is 10.5 Å². The van der Waals surface area contributed by atoms with Crippen LogP contribution < -0.4 is 5.32 Å². The van der Waals surface area contributed by atoms with Gasteiger partial charge in [-0.05, 0) is 43.4 Å². The SMILES string of the molecule is Cl.O=C(c1cc(-c2cccc(Cl)c2)no1)N1CCC2(CCNC2)CC1. The van der Waals surface area contributed by atoms with Crippen molar-refractivity contribution in [1.82, 2.24) is 15.4 Å². The van der Waals surface area contributed by atoms with Crippen molar-refractivity contribution < 1.29 is 9.32 Å². The van der Waals surface area contributed by atoms with Crippen molar-refractivity contribution in [2.75, 3.05) is 26.2 Å². The molecule has 5 nitrogen and oxygen atoms in total. The number of likely N-dealkylation sites (tertiary alicyclic amines) is 1. The molecule has 0 atom stereocenters. The molecule has 0 saturated carbocycles. The zero-order chi connectivity index (χ0) is 16.6. The zero-order valence-corrected chi connectivity index (χ0v) is 15.4. The number of carbonyl (C=O) groups is 1. The van der Waals surface area contributed by atoms with Crippen molar-refractivity contribution in [3.63, 3.8) is 0 Å². The maximum atomic E-state index is 12.7. The van der Waals surface area contributed by atoms with E-state index in [1.807, 2.05) is 23.1 Å². The number of nitrogens with zero attached hydrogens (tertiary/aromatic N) is 2. The molecule has 2 saturated heterocycles. The Morgan fingerprint density at radius 3 is 2.72 bits per heavy atom. The molecule has 0 radical (unpaired) electrons. The number of hydrogen-bond donors (Lipinski definition) is 1. The number of hydrogen-bond acceptors (Lipinski definition) is 4. The fourth-order valence-electron chi connectivity index (χ4n) is 3.72. The van der Waals surface area contributed by atoms with Crippen LogP contribution in [0.3, 0.4) is 0 Å². The lowest BCUT2D eigenvalue weighted by Crippen LogP contribution is -2.43. The van der Waals surface area contributed by atoms with Crippen molar-refractivity contribution >= 4 is 29.9 Å². The normalized spacial score (nSPS) is 19.0. The highest BCUT2D eigenvalue weighted by atomic mass is 35.5. The largest absolute Gasteiger partial charge is 0.350 e. The van der Waals surface area contributed by atoms with Crippen molar-refractivity contribution in [2.24, 2.45) is 5.41 Å². The van der Waals surface area contributed by atoms with Crippen molar-refractivity contribution in [3.8, 4) is 11.3 Å². The van der Waals surface area contributed by atoms with Crippen molar-refractivity contribution in [1.29, 1.82) is 0 Å². The Labute approximate surface area is 158 Å². The van der Waals surface area contributed by atoms with Crippen molar-refractivity contribution in [2.45, 2.75) is 19.3 Å². The molecule has 1 aromatic heterocycles. The fraction of sp³-hybridized carbons (Fsp3) is 0.444. The summed E-state index contributed by atoms with van der Waals surface area (Å²) in [5, 5.41) is 8.10. The molecule has 2 aliphatic rings. The standard InChI is InChI=1S/C18H20ClN3O2.ClH/c19-14-3-1-2-13(10-14)15-11-16(24-21-15)17(23)22-8-5-18(6-9-22)4-7-20-12-18;/h1-3,10-11,20H,4-9,12H2;1H. The molecule has 1 spiro atoms. The number of nitrogens with one attached hydrogen (secondary N) is 1. The first-order valence-corrected chi connectivity index (χ1v) is 8.76. The minimum Gasteiger partial charge on any atom is -0.350 e. The maximum absolute atomic E-state index is 12.7. The lowest BCUT2D eigenvalue weighted by atomic mass is 9.78. The molecule has 0 bridgehead atoms. The second kappa shape index (κ2) is 7.36. The highest BCUT2D eigenvalue weighted by molar-refractivity contribution is 6.30. The highest BCUT2D eigenvalue weighted by Crippen LogP contribution is 2.37. The molecular weight excluding hydrogens is 361 g/mol. The van der Waals surface area contributed by atoms with Gasteiger partial charge in [-0.15, -0.1) is 12.4 Å². The Kier molecular flexibility index (Phi) is 5.37. The molecule has 2 aliphatic heterocycles. The van der Waals surface area contributed by atoms with Gasteiger partial charge in [0.25, 0.3) is 5.91 Å². The second-order valence-corrected chi connectivity index (χ2v) is 7.24. The van der Waals surface area contributed by atoms with Crippen LogP contribution in [-0.4, -0.2) is 42.1 Å². The fourth-order valence-corrected chi connectivity index (χ4v) is 3.91. The Hall–Kier alpha value is -1.56. The zero-order valence-electron chi connectivity index (χ0n) is 13.8. The van der Waals surface area contributed by atoms with Crippen LogP contribution in [-0.2, 0) is 0 Å². The minimum atomic E-state index is -0.0726. The lowest BCUT2D eigenvalue weighted by molar-refractivity contribution is 0.0568. The van der Waals surface area contributed by atoms with Gasteiger partial charge < -0.3 is 14.7 Å². The van der Waals surface area contributed by atoms with E-state index < -0.39 is 0 Å². The summed E-state index contributed by atoms with van der Waals surface area (Å²) in [5.74, 6) is 0.224. The first kappa shape index (κ1) is 18.2. The average Bonchev–Trinajstić information content (AvgIpc) is 3.25. The van der Waals surface area contributed by atoms with Crippen LogP contribution in [0.25, 0.3) is 11.3 Å². The molecular formula is C18H21Cl2N3O2. The van der Waals surface area contributed by atoms with Crippen LogP contribution >= 0.6 is 24.0 Å². The molecule has 7 heteroatoms. The van der Waals surface area contributed by atoms with Crippen LogP contribution in [0.15, 0.2) is 34.9 Å². The molecule has 3 heterocycles. The molecule has 1 N–H and O–H groups in total. The molecule has 25 heavy (non-hydrogen) atoms. The number of carbonyl (C=O) groups excluding carboxylic acids is 1. The lowest BCUT2D eigenvalue weighted by Gasteiger charge is -2.38. The van der Waals surface area contributed by atoms with E-state index in [4.69, 9.17) is 16.1 Å². The smallest absolute Gasteiger partial charge is 0.292 e. The number of halogens is 2. The van der Waals surface area contributed by atoms with Crippen molar-refractivity contribution in [3.05, 3.63) is 41.1 Å². The number of amides is 1. The van der Waals surface area contributed by atoms with Crippen LogP contribution in [0.5, 0.6) is 0 Å². The first-order chi connectivity index (χ1) is 11.7. The monoisotopic (exact) mass is 381 g/mol. The summed E-state index contributed by atoms with van der Waals surface area (Å²) in [7, 11) is 0. The summed E-state index contributed by atoms with van der Waals surface area (Å²) in [4.78, 5) is 14.5. The third kappa shape index (κ3) is 3.68. The van der Waals surface area contributed by atoms with Gasteiger partial charge in [0.05, 0.1) is 0 Å². The van der Waals surface area contributed by atoms with Gasteiger partial charge in [-0.3, -0.25) is 4.79 Å². The number of aromatic nitrogens is 1. The predicted molar refractivity (Wildman–Crippen MR) is 99.3 cm³/mol. The van der Waals surface area contributed by atoms with Gasteiger partial charge in [-0.25, -0.2) is 0 Å². The molecule has 2 fully saturated rings. The van der Waals surface area contributed by atoms with Gasteiger partial charge >= 0.3 is 0 Å². The van der Waals surface area contributed by atoms with E-state index in [0.29, 0.717) is 21.9 Å². The summed E-state index contributed by atoms with van der Waals surface area (Å²) in [6.45, 7) is 3.75. The molecule has 0 aliphatic carbocycles. The first-order valence-electron chi connectivity index (χ1n) is 8.38. The van der Waals surface area contributed by atoms with Crippen LogP contribution in [0.2, 0.25) is 5.02 Å². The predicted octanol–water partition coefficient (Wildman–Crippen LogP) is 3.63. The topological polar surface area (TPSA) is 58.4 Å². The van der Waals surface area contributed by atoms with E-state index in [1.165, 1.54) is 6.42 Å². The third-order valence-electron chi connectivity index (χ3n) is 5.28. The Morgan fingerprint density at radius 2 is 2.04 bits per heavy atom. The average molecular weight is 382 g/mol. The molecule has 134 valence electrons. The quantitative estimate of drug-likeness (QED) is 0.862. The van der Waals surface area contributed by atoms with Crippen LogP contribution in [0.1, 0.15) is 29.8 Å². The third-order valence-corrected chi connectivity index (χ3v) is 5.52. The molecule has 2 aromatic rings. The summed E-state index contributed by atoms with van der Waals surface area (Å²) >= 11 is 6.01. The summed E-state index contributed by atoms with van der Waals surface area (Å²) in [6, 6.07) is 9.07.